The molecule has 7 nitrogen and oxygen atoms in total. The zero-order valence-corrected chi connectivity index (χ0v) is 15.4. The van der Waals surface area contributed by atoms with Gasteiger partial charge in [-0.1, -0.05) is 30.3 Å². The number of para-hydroxylation sites is 1. The van der Waals surface area contributed by atoms with Crippen molar-refractivity contribution >= 4 is 5.97 Å². The molecule has 26 heavy (non-hydrogen) atoms. The molecule has 3 rings (SSSR count). The Balaban J connectivity index is 1.80. The van der Waals surface area contributed by atoms with Gasteiger partial charge < -0.3 is 9.26 Å². The fraction of sp³-hybridized carbons (Fsp3) is 0.368. The summed E-state index contributed by atoms with van der Waals surface area (Å²) in [6, 6.07) is 9.66. The smallest absolute Gasteiger partial charge is 0.342 e. The van der Waals surface area contributed by atoms with Crippen LogP contribution in [0.2, 0.25) is 0 Å². The lowest BCUT2D eigenvalue weighted by molar-refractivity contribution is 0.0263. The molecule has 3 aromatic rings. The molecule has 0 N–H and O–H groups in total. The maximum atomic E-state index is 12.7. The van der Waals surface area contributed by atoms with Crippen LogP contribution in [0.3, 0.4) is 0 Å². The quantitative estimate of drug-likeness (QED) is 0.627. The van der Waals surface area contributed by atoms with Crippen LogP contribution < -0.4 is 0 Å². The average Bonchev–Trinajstić information content (AvgIpc) is 3.20. The van der Waals surface area contributed by atoms with Crippen LogP contribution in [-0.2, 0) is 11.2 Å². The number of rotatable bonds is 6. The Hall–Kier alpha value is -2.96. The standard InChI is InChI=1S/C19H22N4O3/c1-5-9-16-20-18(26-22-16)14(4)25-19(24)17-12(2)21-23(13(17)3)15-10-7-6-8-11-15/h6-8,10-11,14H,5,9H2,1-4H3. The van der Waals surface area contributed by atoms with Crippen LogP contribution >= 0.6 is 0 Å². The van der Waals surface area contributed by atoms with Gasteiger partial charge in [-0.25, -0.2) is 9.48 Å². The molecule has 0 saturated carbocycles. The highest BCUT2D eigenvalue weighted by Gasteiger charge is 2.25. The molecular weight excluding hydrogens is 332 g/mol. The highest BCUT2D eigenvalue weighted by molar-refractivity contribution is 5.92. The lowest BCUT2D eigenvalue weighted by atomic mass is 10.2. The largest absolute Gasteiger partial charge is 0.449 e. The Labute approximate surface area is 152 Å². The zero-order valence-electron chi connectivity index (χ0n) is 15.4. The average molecular weight is 354 g/mol. The first-order valence-corrected chi connectivity index (χ1v) is 8.66. The molecule has 0 saturated heterocycles. The minimum absolute atomic E-state index is 0.299. The van der Waals surface area contributed by atoms with Gasteiger partial charge in [-0.3, -0.25) is 0 Å². The molecule has 0 amide bonds. The van der Waals surface area contributed by atoms with Gasteiger partial charge in [-0.15, -0.1) is 0 Å². The lowest BCUT2D eigenvalue weighted by Crippen LogP contribution is -2.11. The minimum atomic E-state index is -0.625. The van der Waals surface area contributed by atoms with Gasteiger partial charge in [0.25, 0.3) is 5.89 Å². The lowest BCUT2D eigenvalue weighted by Gasteiger charge is -2.09. The molecule has 7 heteroatoms. The van der Waals surface area contributed by atoms with Crippen molar-refractivity contribution in [3.05, 3.63) is 59.0 Å². The van der Waals surface area contributed by atoms with Crippen LogP contribution in [0, 0.1) is 13.8 Å². The first-order valence-electron chi connectivity index (χ1n) is 8.66. The Morgan fingerprint density at radius 2 is 2.00 bits per heavy atom. The molecule has 1 unspecified atom stereocenters. The number of carbonyl (C=O) groups is 1. The summed E-state index contributed by atoms with van der Waals surface area (Å²) in [4.78, 5) is 17.0. The number of hydrogen-bond acceptors (Lipinski definition) is 6. The van der Waals surface area contributed by atoms with E-state index in [-0.39, 0.29) is 0 Å². The predicted molar refractivity (Wildman–Crippen MR) is 95.2 cm³/mol. The van der Waals surface area contributed by atoms with E-state index in [1.54, 1.807) is 18.5 Å². The molecule has 0 aliphatic carbocycles. The van der Waals surface area contributed by atoms with E-state index >= 15 is 0 Å². The molecule has 2 heterocycles. The highest BCUT2D eigenvalue weighted by Crippen LogP contribution is 2.22. The molecule has 136 valence electrons. The van der Waals surface area contributed by atoms with Crippen LogP contribution in [-0.4, -0.2) is 25.9 Å². The van der Waals surface area contributed by atoms with Gasteiger partial charge in [0.1, 0.15) is 5.56 Å². The molecule has 0 fully saturated rings. The zero-order chi connectivity index (χ0) is 18.7. The van der Waals surface area contributed by atoms with E-state index in [1.165, 1.54) is 0 Å². The third kappa shape index (κ3) is 3.51. The van der Waals surface area contributed by atoms with Crippen molar-refractivity contribution in [2.75, 3.05) is 0 Å². The number of nitrogens with zero attached hydrogens (tertiary/aromatic N) is 4. The van der Waals surface area contributed by atoms with Gasteiger partial charge in [-0.2, -0.15) is 10.1 Å². The summed E-state index contributed by atoms with van der Waals surface area (Å²) in [6.07, 6.45) is 1.02. The molecule has 1 aromatic carbocycles. The molecule has 2 aromatic heterocycles. The number of hydrogen-bond donors (Lipinski definition) is 0. The maximum Gasteiger partial charge on any atom is 0.342 e. The van der Waals surface area contributed by atoms with Crippen LogP contribution in [0.1, 0.15) is 59.8 Å². The van der Waals surface area contributed by atoms with Crippen molar-refractivity contribution in [2.24, 2.45) is 0 Å². The molecule has 0 aliphatic rings. The third-order valence-corrected chi connectivity index (χ3v) is 4.09. The summed E-state index contributed by atoms with van der Waals surface area (Å²) in [7, 11) is 0. The first-order chi connectivity index (χ1) is 12.5. The third-order valence-electron chi connectivity index (χ3n) is 4.09. The van der Waals surface area contributed by atoms with E-state index in [0.717, 1.165) is 24.2 Å². The number of aromatic nitrogens is 4. The van der Waals surface area contributed by atoms with E-state index in [2.05, 4.69) is 15.2 Å². The van der Waals surface area contributed by atoms with Crippen molar-refractivity contribution in [1.29, 1.82) is 0 Å². The van der Waals surface area contributed by atoms with Crippen molar-refractivity contribution in [3.63, 3.8) is 0 Å². The second-order valence-corrected chi connectivity index (χ2v) is 6.14. The summed E-state index contributed by atoms with van der Waals surface area (Å²) in [5.74, 6) is 0.465. The number of aryl methyl sites for hydroxylation is 2. The van der Waals surface area contributed by atoms with Gasteiger partial charge in [0.2, 0.25) is 0 Å². The van der Waals surface area contributed by atoms with Gasteiger partial charge in [0.05, 0.1) is 17.1 Å². The van der Waals surface area contributed by atoms with Gasteiger partial charge >= 0.3 is 5.97 Å². The van der Waals surface area contributed by atoms with Crippen LogP contribution in [0.4, 0.5) is 0 Å². The van der Waals surface area contributed by atoms with Crippen molar-refractivity contribution in [3.8, 4) is 5.69 Å². The van der Waals surface area contributed by atoms with Gasteiger partial charge in [0.15, 0.2) is 11.9 Å². The van der Waals surface area contributed by atoms with E-state index in [1.807, 2.05) is 44.2 Å². The van der Waals surface area contributed by atoms with Crippen molar-refractivity contribution < 1.29 is 14.1 Å². The second-order valence-electron chi connectivity index (χ2n) is 6.14. The second kappa shape index (κ2) is 7.51. The summed E-state index contributed by atoms with van der Waals surface area (Å²) in [5.41, 5.74) is 2.68. The Bertz CT molecular complexity index is 899. The number of esters is 1. The SMILES string of the molecule is CCCc1noc(C(C)OC(=O)c2c(C)nn(-c3ccccc3)c2C)n1. The summed E-state index contributed by atoms with van der Waals surface area (Å²) in [5, 5.41) is 8.37. The predicted octanol–water partition coefficient (Wildman–Crippen LogP) is 3.74. The van der Waals surface area contributed by atoms with E-state index < -0.39 is 12.1 Å². The monoisotopic (exact) mass is 354 g/mol. The highest BCUT2D eigenvalue weighted by atomic mass is 16.6. The summed E-state index contributed by atoms with van der Waals surface area (Å²) < 4.78 is 12.5. The fourth-order valence-corrected chi connectivity index (χ4v) is 2.79. The number of benzene rings is 1. The van der Waals surface area contributed by atoms with Crippen molar-refractivity contribution in [1.82, 2.24) is 19.9 Å². The Morgan fingerprint density at radius 1 is 1.27 bits per heavy atom. The normalized spacial score (nSPS) is 12.2. The van der Waals surface area contributed by atoms with Crippen LogP contribution in [0.5, 0.6) is 0 Å². The minimum Gasteiger partial charge on any atom is -0.449 e. The van der Waals surface area contributed by atoms with Gasteiger partial charge in [0, 0.05) is 6.42 Å². The van der Waals surface area contributed by atoms with Gasteiger partial charge in [-0.05, 0) is 39.3 Å². The topological polar surface area (TPSA) is 83.0 Å². The Kier molecular flexibility index (Phi) is 5.16. The van der Waals surface area contributed by atoms with E-state index in [4.69, 9.17) is 9.26 Å². The van der Waals surface area contributed by atoms with Crippen molar-refractivity contribution in [2.45, 2.75) is 46.6 Å². The molecule has 0 radical (unpaired) electrons. The van der Waals surface area contributed by atoms with E-state index in [0.29, 0.717) is 23.0 Å². The molecule has 0 spiro atoms. The molecular formula is C19H22N4O3. The molecule has 0 aliphatic heterocycles. The summed E-state index contributed by atoms with van der Waals surface area (Å²) in [6.45, 7) is 7.39. The first kappa shape index (κ1) is 17.8. The van der Waals surface area contributed by atoms with E-state index in [9.17, 15) is 4.79 Å². The number of carbonyl (C=O) groups excluding carboxylic acids is 1. The van der Waals surface area contributed by atoms with Crippen LogP contribution in [0.25, 0.3) is 5.69 Å². The maximum absolute atomic E-state index is 12.7. The summed E-state index contributed by atoms with van der Waals surface area (Å²) >= 11 is 0. The molecule has 0 bridgehead atoms. The Morgan fingerprint density at radius 3 is 2.69 bits per heavy atom. The van der Waals surface area contributed by atoms with Crippen LogP contribution in [0.15, 0.2) is 34.9 Å². The molecule has 1 atom stereocenters. The number of ether oxygens (including phenoxy) is 1. The fourth-order valence-electron chi connectivity index (χ4n) is 2.79.